The maximum absolute atomic E-state index is 5.64. The Kier molecular flexibility index (Phi) is 3.90. The van der Waals surface area contributed by atoms with Gasteiger partial charge in [-0.15, -0.1) is 0 Å². The van der Waals surface area contributed by atoms with Gasteiger partial charge in [0.1, 0.15) is 0 Å². The summed E-state index contributed by atoms with van der Waals surface area (Å²) >= 11 is 0. The molecule has 1 heterocycles. The summed E-state index contributed by atoms with van der Waals surface area (Å²) in [6.07, 6.45) is 2.68. The van der Waals surface area contributed by atoms with Crippen molar-refractivity contribution in [3.8, 4) is 0 Å². The quantitative estimate of drug-likeness (QED) is 0.606. The zero-order valence-corrected chi connectivity index (χ0v) is 10.0. The van der Waals surface area contributed by atoms with E-state index < -0.39 is 0 Å². The van der Waals surface area contributed by atoms with E-state index >= 15 is 0 Å². The largest absolute Gasteiger partial charge is 0.271 e. The first kappa shape index (κ1) is 11.8. The molecule has 2 aromatic rings. The Bertz CT molecular complexity index is 449. The van der Waals surface area contributed by atoms with E-state index in [9.17, 15) is 0 Å². The molecule has 3 N–H and O–H groups in total. The highest BCUT2D eigenvalue weighted by Crippen LogP contribution is 2.17. The van der Waals surface area contributed by atoms with E-state index in [1.807, 2.05) is 35.1 Å². The first-order valence-corrected chi connectivity index (χ1v) is 5.87. The molecule has 0 fully saturated rings. The zero-order valence-electron chi connectivity index (χ0n) is 10.0. The smallest absolute Gasteiger partial charge is 0.0669 e. The van der Waals surface area contributed by atoms with E-state index in [-0.39, 0.29) is 6.04 Å². The maximum atomic E-state index is 5.64. The first-order chi connectivity index (χ1) is 8.35. The average molecular weight is 230 g/mol. The molecule has 1 unspecified atom stereocenters. The topological polar surface area (TPSA) is 55.9 Å². The van der Waals surface area contributed by atoms with Gasteiger partial charge in [-0.3, -0.25) is 16.0 Å². The van der Waals surface area contributed by atoms with Crippen molar-refractivity contribution in [3.05, 3.63) is 53.9 Å². The van der Waals surface area contributed by atoms with Gasteiger partial charge in [-0.2, -0.15) is 5.10 Å². The zero-order chi connectivity index (χ0) is 12.1. The van der Waals surface area contributed by atoms with Crippen LogP contribution >= 0.6 is 0 Å². The maximum Gasteiger partial charge on any atom is 0.0669 e. The van der Waals surface area contributed by atoms with E-state index in [2.05, 4.69) is 29.6 Å². The van der Waals surface area contributed by atoms with Crippen LogP contribution in [0.3, 0.4) is 0 Å². The molecule has 1 aromatic carbocycles. The summed E-state index contributed by atoms with van der Waals surface area (Å²) in [5.74, 6) is 5.64. The van der Waals surface area contributed by atoms with Gasteiger partial charge in [-0.05, 0) is 25.0 Å². The summed E-state index contributed by atoms with van der Waals surface area (Å²) in [5.41, 5.74) is 5.25. The summed E-state index contributed by atoms with van der Waals surface area (Å²) in [7, 11) is 0. The van der Waals surface area contributed by atoms with Crippen molar-refractivity contribution in [2.45, 2.75) is 25.9 Å². The Hall–Kier alpha value is -1.65. The van der Waals surface area contributed by atoms with Gasteiger partial charge in [-0.1, -0.05) is 30.3 Å². The van der Waals surface area contributed by atoms with Crippen LogP contribution in [0.25, 0.3) is 0 Å². The Morgan fingerprint density at radius 3 is 2.71 bits per heavy atom. The predicted molar refractivity (Wildman–Crippen MR) is 68.1 cm³/mol. The molecular formula is C13H18N4. The highest BCUT2D eigenvalue weighted by Gasteiger charge is 2.14. The SMILES string of the molecule is CCn1nccc1C(Cc1ccccc1)NN. The van der Waals surface area contributed by atoms with Gasteiger partial charge in [0.25, 0.3) is 0 Å². The summed E-state index contributed by atoms with van der Waals surface area (Å²) in [6.45, 7) is 2.93. The van der Waals surface area contributed by atoms with Gasteiger partial charge in [-0.25, -0.2) is 0 Å². The molecule has 1 atom stereocenters. The number of hydrogen-bond donors (Lipinski definition) is 2. The van der Waals surface area contributed by atoms with Crippen LogP contribution in [-0.4, -0.2) is 9.78 Å². The van der Waals surface area contributed by atoms with Gasteiger partial charge in [0.05, 0.1) is 11.7 Å². The van der Waals surface area contributed by atoms with Crippen molar-refractivity contribution in [1.29, 1.82) is 0 Å². The van der Waals surface area contributed by atoms with Crippen LogP contribution in [0.1, 0.15) is 24.2 Å². The molecule has 0 aliphatic heterocycles. The van der Waals surface area contributed by atoms with Crippen molar-refractivity contribution < 1.29 is 0 Å². The van der Waals surface area contributed by atoms with E-state index in [0.29, 0.717) is 0 Å². The normalized spacial score (nSPS) is 12.6. The molecule has 1 aromatic heterocycles. The monoisotopic (exact) mass is 230 g/mol. The molecule has 4 heteroatoms. The lowest BCUT2D eigenvalue weighted by Crippen LogP contribution is -2.31. The van der Waals surface area contributed by atoms with E-state index in [1.54, 1.807) is 0 Å². The van der Waals surface area contributed by atoms with Crippen LogP contribution in [0, 0.1) is 0 Å². The molecule has 0 bridgehead atoms. The number of benzene rings is 1. The fourth-order valence-electron chi connectivity index (χ4n) is 2.00. The van der Waals surface area contributed by atoms with Crippen molar-refractivity contribution in [2.24, 2.45) is 5.84 Å². The van der Waals surface area contributed by atoms with Crippen LogP contribution in [0.5, 0.6) is 0 Å². The number of nitrogens with two attached hydrogens (primary N) is 1. The number of hydrazine groups is 1. The Morgan fingerprint density at radius 2 is 2.06 bits per heavy atom. The fraction of sp³-hybridized carbons (Fsp3) is 0.308. The first-order valence-electron chi connectivity index (χ1n) is 5.87. The molecule has 2 rings (SSSR count). The Morgan fingerprint density at radius 1 is 1.29 bits per heavy atom. The van der Waals surface area contributed by atoms with Crippen molar-refractivity contribution in [1.82, 2.24) is 15.2 Å². The van der Waals surface area contributed by atoms with E-state index in [4.69, 9.17) is 5.84 Å². The van der Waals surface area contributed by atoms with Gasteiger partial charge in [0, 0.05) is 12.7 Å². The molecule has 0 saturated carbocycles. The number of nitrogens with zero attached hydrogens (tertiary/aromatic N) is 2. The lowest BCUT2D eigenvalue weighted by atomic mass is 10.0. The van der Waals surface area contributed by atoms with Crippen LogP contribution in [0.4, 0.5) is 0 Å². The summed E-state index contributed by atoms with van der Waals surface area (Å²) in [6, 6.07) is 12.4. The minimum atomic E-state index is 0.0971. The standard InChI is InChI=1S/C13H18N4/c1-2-17-13(8-9-15-17)12(16-14)10-11-6-4-3-5-7-11/h3-9,12,16H,2,10,14H2,1H3. The van der Waals surface area contributed by atoms with Gasteiger partial charge >= 0.3 is 0 Å². The third kappa shape index (κ3) is 2.72. The minimum Gasteiger partial charge on any atom is -0.271 e. The van der Waals surface area contributed by atoms with Gasteiger partial charge in [0.2, 0.25) is 0 Å². The van der Waals surface area contributed by atoms with Crippen molar-refractivity contribution in [3.63, 3.8) is 0 Å². The van der Waals surface area contributed by atoms with Crippen LogP contribution in [-0.2, 0) is 13.0 Å². The van der Waals surface area contributed by atoms with E-state index in [1.165, 1.54) is 5.56 Å². The number of hydrogen-bond acceptors (Lipinski definition) is 3. The molecule has 0 spiro atoms. The van der Waals surface area contributed by atoms with Crippen LogP contribution < -0.4 is 11.3 Å². The second-order valence-electron chi connectivity index (χ2n) is 3.98. The molecular weight excluding hydrogens is 212 g/mol. The predicted octanol–water partition coefficient (Wildman–Crippen LogP) is 1.65. The second kappa shape index (κ2) is 5.61. The van der Waals surface area contributed by atoms with Gasteiger partial charge in [0.15, 0.2) is 0 Å². The highest BCUT2D eigenvalue weighted by molar-refractivity contribution is 5.19. The summed E-state index contributed by atoms with van der Waals surface area (Å²) in [4.78, 5) is 0. The van der Waals surface area contributed by atoms with Crippen LogP contribution in [0.2, 0.25) is 0 Å². The summed E-state index contributed by atoms with van der Waals surface area (Å²) < 4.78 is 1.97. The van der Waals surface area contributed by atoms with Crippen molar-refractivity contribution >= 4 is 0 Å². The lowest BCUT2D eigenvalue weighted by Gasteiger charge is -2.17. The lowest BCUT2D eigenvalue weighted by molar-refractivity contribution is 0.490. The second-order valence-corrected chi connectivity index (χ2v) is 3.98. The molecule has 0 aliphatic rings. The highest BCUT2D eigenvalue weighted by atomic mass is 15.3. The minimum absolute atomic E-state index is 0.0971. The van der Waals surface area contributed by atoms with Gasteiger partial charge < -0.3 is 0 Å². The number of aryl methyl sites for hydroxylation is 1. The average Bonchev–Trinajstić information content (AvgIpc) is 2.85. The Labute approximate surface area is 101 Å². The molecule has 17 heavy (non-hydrogen) atoms. The third-order valence-corrected chi connectivity index (χ3v) is 2.89. The molecule has 0 radical (unpaired) electrons. The fourth-order valence-corrected chi connectivity index (χ4v) is 2.00. The molecule has 0 amide bonds. The molecule has 4 nitrogen and oxygen atoms in total. The van der Waals surface area contributed by atoms with Crippen molar-refractivity contribution in [2.75, 3.05) is 0 Å². The summed E-state index contributed by atoms with van der Waals surface area (Å²) in [5, 5.41) is 4.27. The third-order valence-electron chi connectivity index (χ3n) is 2.89. The Balaban J connectivity index is 2.17. The number of nitrogens with one attached hydrogen (secondary N) is 1. The number of rotatable bonds is 5. The van der Waals surface area contributed by atoms with E-state index in [0.717, 1.165) is 18.7 Å². The number of aromatic nitrogens is 2. The molecule has 90 valence electrons. The molecule has 0 aliphatic carbocycles. The molecule has 0 saturated heterocycles. The van der Waals surface area contributed by atoms with Crippen LogP contribution in [0.15, 0.2) is 42.6 Å².